The minimum atomic E-state index is -0.0361. The van der Waals surface area contributed by atoms with E-state index in [9.17, 15) is 0 Å². The predicted octanol–water partition coefficient (Wildman–Crippen LogP) is 34.8. The second-order valence-corrected chi connectivity index (χ2v) is 38.4. The third kappa shape index (κ3) is 36.4. The molecule has 7 unspecified atom stereocenters. The van der Waals surface area contributed by atoms with Crippen LogP contribution < -0.4 is 0 Å². The van der Waals surface area contributed by atoms with Crippen LogP contribution in [0.2, 0.25) is 0 Å². The first kappa shape index (κ1) is 112. The molecule has 0 aliphatic heterocycles. The van der Waals surface area contributed by atoms with E-state index in [0.29, 0.717) is 17.8 Å². The fourth-order valence-electron chi connectivity index (χ4n) is 19.3. The van der Waals surface area contributed by atoms with Gasteiger partial charge in [0.15, 0.2) is 0 Å². The lowest BCUT2D eigenvalue weighted by atomic mass is 9.84. The lowest BCUT2D eigenvalue weighted by Gasteiger charge is -2.30. The first-order valence-corrected chi connectivity index (χ1v) is 54.2. The monoisotopic (exact) mass is 1970 g/mol. The lowest BCUT2D eigenvalue weighted by Crippen LogP contribution is -2.20. The summed E-state index contributed by atoms with van der Waals surface area (Å²) in [5.41, 5.74) is 24.8. The van der Waals surface area contributed by atoms with E-state index in [2.05, 4.69) is 275 Å². The van der Waals surface area contributed by atoms with Crippen molar-refractivity contribution in [1.82, 2.24) is 34.9 Å². The Morgan fingerprint density at radius 1 is 0.209 bits per heavy atom. The van der Waals surface area contributed by atoms with E-state index in [1.807, 2.05) is 179 Å². The fourth-order valence-corrected chi connectivity index (χ4v) is 19.3. The van der Waals surface area contributed by atoms with Gasteiger partial charge in [-0.15, -0.1) is 0 Å². The summed E-state index contributed by atoms with van der Waals surface area (Å²) in [6.07, 6.45) is 28.5. The molecule has 14 nitrogen and oxygen atoms in total. The second kappa shape index (κ2) is 64.1. The van der Waals surface area contributed by atoms with Crippen molar-refractivity contribution in [3.05, 3.63) is 451 Å². The smallest absolute Gasteiger partial charge is 0.103 e. The normalized spacial score (nSPS) is 14.5. The fraction of sp³-hybridized carbons (Fsp3) is 0.336. The molecule has 7 aromatic heterocycles. The molecule has 7 atom stereocenters. The number of hydrogen-bond donors (Lipinski definition) is 0. The molecule has 16 aromatic rings. The number of nitrogens with zero attached hydrogens (tertiary/aromatic N) is 7. The molecule has 14 heteroatoms. The molecule has 3 saturated carbocycles. The summed E-state index contributed by atoms with van der Waals surface area (Å²) in [6, 6.07) is 136. The van der Waals surface area contributed by atoms with E-state index in [-0.39, 0.29) is 42.7 Å². The third-order valence-electron chi connectivity index (χ3n) is 27.6. The van der Waals surface area contributed by atoms with Crippen LogP contribution in [0.4, 0.5) is 0 Å². The van der Waals surface area contributed by atoms with Crippen molar-refractivity contribution in [3.63, 3.8) is 0 Å². The highest BCUT2D eigenvalue weighted by molar-refractivity contribution is 5.64. The second-order valence-electron chi connectivity index (χ2n) is 38.4. The van der Waals surface area contributed by atoms with Crippen LogP contribution in [0.5, 0.6) is 0 Å². The standard InChI is InChI=1S/C23H25NO.C22H29NO.C20H19NO.2C19H23NO.C17H21NO.C14H15NO/c1-2-3-17-25-23(18-19-11-6-4-7-12-19)22-16-10-15-21(24-22)20-13-8-5-9-14-20;1-2-3-17-24-22(19-13-8-5-9-14-19)21-16-10-15-20(23-21)18-11-6-4-7-12-18;1-22-20(15-16-9-4-2-5-10-16)19-14-8-13-18(21-19)17-11-6-3-7-12-17;2*1-21-19(16-11-6-3-7-12-16)18-14-8-13-17(20-18)15-9-4-2-5-10-15;1-3-4-13-19-14(2)16-11-8-12-17(18-16)15-9-6-5-7-10-15;1-11(16-2)13-9-6-10-14(15-13)12-7-4-3-5-8-12/h4-16,23H,2-3,17-18H2,1H3;4,6-7,10-12,15-16,19,22H,2-3,5,8-9,13-14,17H2,1H3;2-14,20H,15H2,1H3;2*2,4-5,8-10,13-14,16,19H,3,6-7,11-12H2,1H3;5-12,14H,3-4,13H2,1-2H3;3-11H,1-2H3. The first-order valence-electron chi connectivity index (χ1n) is 54.2. The molecule has 0 spiro atoms. The quantitative estimate of drug-likeness (QED) is 0.0339. The van der Waals surface area contributed by atoms with Crippen LogP contribution in [0.15, 0.2) is 400 Å². The topological polar surface area (TPSA) is 155 Å². The number of rotatable bonds is 37. The zero-order valence-electron chi connectivity index (χ0n) is 88.8. The molecule has 9 aromatic carbocycles. The molecule has 768 valence electrons. The predicted molar refractivity (Wildman–Crippen MR) is 609 cm³/mol. The van der Waals surface area contributed by atoms with Crippen molar-refractivity contribution in [2.24, 2.45) is 17.8 Å². The van der Waals surface area contributed by atoms with Gasteiger partial charge in [-0.05, 0) is 185 Å². The van der Waals surface area contributed by atoms with E-state index < -0.39 is 0 Å². The van der Waals surface area contributed by atoms with Gasteiger partial charge < -0.3 is 33.2 Å². The van der Waals surface area contributed by atoms with Gasteiger partial charge in [0.2, 0.25) is 0 Å². The third-order valence-corrected chi connectivity index (χ3v) is 27.6. The SMILES string of the molecule is CCCCOC(C)c1cccc(-c2ccccc2)n1.CCCCOC(Cc1ccccc1)c1cccc(-c2ccccc2)n1.CCCCOC(c1cccc(-c2ccccc2)n1)C1CCCCC1.COC(C)c1cccc(-c2ccccc2)n1.COC(Cc1ccccc1)c1cccc(-c2ccccc2)n1.COC(c1cccc(-c2ccccc2)n1)C1CCCCC1.COC(c1cccc(-c2ccccc2)n1)C1CCCCC1. The Morgan fingerprint density at radius 2 is 0.439 bits per heavy atom. The molecule has 0 amide bonds. The molecule has 0 bridgehead atoms. The van der Waals surface area contributed by atoms with Gasteiger partial charge in [0.25, 0.3) is 0 Å². The van der Waals surface area contributed by atoms with Gasteiger partial charge in [-0.1, -0.05) is 413 Å². The van der Waals surface area contributed by atoms with Gasteiger partial charge in [-0.3, -0.25) is 34.9 Å². The largest absolute Gasteiger partial charge is 0.375 e. The van der Waals surface area contributed by atoms with Crippen LogP contribution in [0, 0.1) is 17.8 Å². The zero-order chi connectivity index (χ0) is 103. The van der Waals surface area contributed by atoms with Gasteiger partial charge in [-0.25, -0.2) is 0 Å². The average Bonchev–Trinajstić information content (AvgIpc) is 0.845. The molecule has 7 heterocycles. The number of unbranched alkanes of at least 4 members (excludes halogenated alkanes) is 3. The summed E-state index contributed by atoms with van der Waals surface area (Å²) >= 11 is 0. The molecule has 148 heavy (non-hydrogen) atoms. The van der Waals surface area contributed by atoms with Crippen LogP contribution >= 0.6 is 0 Å². The van der Waals surface area contributed by atoms with Crippen molar-refractivity contribution in [2.75, 3.05) is 48.3 Å². The van der Waals surface area contributed by atoms with Gasteiger partial charge >= 0.3 is 0 Å². The molecule has 3 fully saturated rings. The Morgan fingerprint density at radius 3 is 0.723 bits per heavy atom. The van der Waals surface area contributed by atoms with Crippen molar-refractivity contribution in [3.8, 4) is 78.8 Å². The number of pyridine rings is 7. The molecule has 19 rings (SSSR count). The van der Waals surface area contributed by atoms with E-state index >= 15 is 0 Å². The molecule has 0 saturated heterocycles. The Hall–Kier alpha value is -13.3. The number of aromatic nitrogens is 7. The van der Waals surface area contributed by atoms with Crippen LogP contribution in [0.3, 0.4) is 0 Å². The van der Waals surface area contributed by atoms with Gasteiger partial charge in [0, 0.05) is 100 Å². The number of ether oxygens (including phenoxy) is 7. The maximum atomic E-state index is 6.34. The molecule has 3 aliphatic carbocycles. The Kier molecular flexibility index (Phi) is 48.5. The Bertz CT molecular complexity index is 6180. The Labute approximate surface area is 883 Å². The van der Waals surface area contributed by atoms with E-state index in [1.165, 1.54) is 119 Å². The van der Waals surface area contributed by atoms with Crippen LogP contribution in [-0.4, -0.2) is 83.1 Å². The molecular weight excluding hydrogens is 1820 g/mol. The first-order chi connectivity index (χ1) is 73.0. The van der Waals surface area contributed by atoms with Gasteiger partial charge in [-0.2, -0.15) is 0 Å². The van der Waals surface area contributed by atoms with Crippen molar-refractivity contribution >= 4 is 0 Å². The summed E-state index contributed by atoms with van der Waals surface area (Å²) in [6.45, 7) is 13.0. The zero-order valence-corrected chi connectivity index (χ0v) is 88.8. The van der Waals surface area contributed by atoms with Gasteiger partial charge in [0.1, 0.15) is 30.5 Å². The lowest BCUT2D eigenvalue weighted by molar-refractivity contribution is -0.00536. The molecule has 0 N–H and O–H groups in total. The van der Waals surface area contributed by atoms with Crippen LogP contribution in [-0.2, 0) is 46.0 Å². The maximum Gasteiger partial charge on any atom is 0.103 e. The van der Waals surface area contributed by atoms with Crippen molar-refractivity contribution < 1.29 is 33.2 Å². The summed E-state index contributed by atoms with van der Waals surface area (Å²) < 4.78 is 40.9. The molecule has 3 aliphatic rings. The summed E-state index contributed by atoms with van der Waals surface area (Å²) in [4.78, 5) is 33.7. The highest BCUT2D eigenvalue weighted by atomic mass is 16.5. The highest BCUT2D eigenvalue weighted by Gasteiger charge is 2.31. The average molecular weight is 1980 g/mol. The van der Waals surface area contributed by atoms with Crippen molar-refractivity contribution in [2.45, 2.75) is 225 Å². The van der Waals surface area contributed by atoms with Crippen LogP contribution in [0.25, 0.3) is 78.8 Å². The summed E-state index contributed by atoms with van der Waals surface area (Å²) in [5, 5.41) is 0. The highest BCUT2D eigenvalue weighted by Crippen LogP contribution is 2.41. The van der Waals surface area contributed by atoms with Crippen molar-refractivity contribution in [1.29, 1.82) is 0 Å². The minimum absolute atomic E-state index is 0.0161. The molecule has 0 radical (unpaired) electrons. The van der Waals surface area contributed by atoms with E-state index in [4.69, 9.17) is 63.1 Å². The minimum Gasteiger partial charge on any atom is -0.375 e. The molecular formula is C134H155N7O7. The summed E-state index contributed by atoms with van der Waals surface area (Å²) in [5.74, 6) is 1.85. The van der Waals surface area contributed by atoms with E-state index in [1.54, 1.807) is 14.2 Å². The Balaban J connectivity index is 0.000000145. The number of benzene rings is 9. The van der Waals surface area contributed by atoms with Gasteiger partial charge in [0.05, 0.1) is 91.9 Å². The number of methoxy groups -OCH3 is 4. The summed E-state index contributed by atoms with van der Waals surface area (Å²) in [7, 11) is 7.07. The maximum absolute atomic E-state index is 6.34. The van der Waals surface area contributed by atoms with E-state index in [0.717, 1.165) is 178 Å². The van der Waals surface area contributed by atoms with Crippen LogP contribution in [0.1, 0.15) is 263 Å². The number of hydrogen-bond acceptors (Lipinski definition) is 14.